The zero-order chi connectivity index (χ0) is 21.6. The van der Waals surface area contributed by atoms with Crippen LogP contribution in [0.4, 0.5) is 11.5 Å². The van der Waals surface area contributed by atoms with Crippen molar-refractivity contribution in [2.24, 2.45) is 5.92 Å². The topological polar surface area (TPSA) is 58.1 Å². The molecule has 3 aromatic rings. The fraction of sp³-hybridized carbons (Fsp3) is 0.320. The summed E-state index contributed by atoms with van der Waals surface area (Å²) in [6, 6.07) is 20.4. The van der Waals surface area contributed by atoms with E-state index in [9.17, 15) is 4.79 Å². The van der Waals surface area contributed by atoms with Gasteiger partial charge in [-0.2, -0.15) is 0 Å². The van der Waals surface area contributed by atoms with Crippen molar-refractivity contribution >= 4 is 29.2 Å². The molecule has 1 N–H and O–H groups in total. The van der Waals surface area contributed by atoms with E-state index < -0.39 is 0 Å². The molecule has 2 aromatic carbocycles. The molecule has 1 fully saturated rings. The van der Waals surface area contributed by atoms with Crippen molar-refractivity contribution in [1.82, 2.24) is 10.2 Å². The molecule has 1 aliphatic heterocycles. The van der Waals surface area contributed by atoms with Crippen LogP contribution in [0.25, 0.3) is 0 Å². The molecule has 4 rings (SSSR count). The van der Waals surface area contributed by atoms with Gasteiger partial charge < -0.3 is 10.2 Å². The Hall–Kier alpha value is -2.86. The van der Waals surface area contributed by atoms with Gasteiger partial charge in [0.05, 0.1) is 5.92 Å². The standard InChI is InChI=1S/C25H28N4OS/c1-3-19-7-4-5-9-22(19)26-25(30)20-8-6-16-29(17-20)23-14-15-24(28-27-23)31-21-12-10-18(2)11-13-21/h4-5,7,9-15,20H,3,6,8,16-17H2,1-2H3,(H,26,30). The van der Waals surface area contributed by atoms with E-state index in [0.29, 0.717) is 6.54 Å². The highest BCUT2D eigenvalue weighted by molar-refractivity contribution is 7.99. The molecule has 1 atom stereocenters. The van der Waals surface area contributed by atoms with Crippen LogP contribution in [0, 0.1) is 12.8 Å². The number of carbonyl (C=O) groups is 1. The number of benzene rings is 2. The van der Waals surface area contributed by atoms with E-state index in [-0.39, 0.29) is 11.8 Å². The number of nitrogens with one attached hydrogen (secondary N) is 1. The van der Waals surface area contributed by atoms with E-state index in [0.717, 1.165) is 52.8 Å². The van der Waals surface area contributed by atoms with Gasteiger partial charge in [0, 0.05) is 23.7 Å². The fourth-order valence-electron chi connectivity index (χ4n) is 3.85. The summed E-state index contributed by atoms with van der Waals surface area (Å²) in [5, 5.41) is 12.9. The second kappa shape index (κ2) is 9.96. The van der Waals surface area contributed by atoms with E-state index >= 15 is 0 Å². The average Bonchev–Trinajstić information content (AvgIpc) is 2.81. The predicted molar refractivity (Wildman–Crippen MR) is 127 cm³/mol. The Bertz CT molecular complexity index is 1020. The lowest BCUT2D eigenvalue weighted by molar-refractivity contribution is -0.120. The Morgan fingerprint density at radius 1 is 1.10 bits per heavy atom. The van der Waals surface area contributed by atoms with Gasteiger partial charge in [-0.25, -0.2) is 0 Å². The number of hydrogen-bond acceptors (Lipinski definition) is 5. The third-order valence-corrected chi connectivity index (χ3v) is 6.58. The quantitative estimate of drug-likeness (QED) is 0.569. The number of para-hydroxylation sites is 1. The largest absolute Gasteiger partial charge is 0.354 e. The SMILES string of the molecule is CCc1ccccc1NC(=O)C1CCCN(c2ccc(Sc3ccc(C)cc3)nn2)C1. The predicted octanol–water partition coefficient (Wildman–Crippen LogP) is 5.35. The first-order valence-electron chi connectivity index (χ1n) is 10.8. The molecule has 1 saturated heterocycles. The van der Waals surface area contributed by atoms with Crippen molar-refractivity contribution in [1.29, 1.82) is 0 Å². The molecule has 0 saturated carbocycles. The third kappa shape index (κ3) is 5.44. The molecule has 0 aliphatic carbocycles. The Labute approximate surface area is 188 Å². The van der Waals surface area contributed by atoms with Gasteiger partial charge in [0.15, 0.2) is 5.82 Å². The summed E-state index contributed by atoms with van der Waals surface area (Å²) in [5.74, 6) is 0.867. The zero-order valence-corrected chi connectivity index (χ0v) is 18.9. The molecule has 0 bridgehead atoms. The van der Waals surface area contributed by atoms with Crippen LogP contribution >= 0.6 is 11.8 Å². The molecular weight excluding hydrogens is 404 g/mol. The summed E-state index contributed by atoms with van der Waals surface area (Å²) in [5.41, 5.74) is 3.33. The molecule has 5 nitrogen and oxygen atoms in total. The minimum absolute atomic E-state index is 0.0536. The lowest BCUT2D eigenvalue weighted by atomic mass is 9.96. The number of hydrogen-bond donors (Lipinski definition) is 1. The average molecular weight is 433 g/mol. The molecule has 0 spiro atoms. The summed E-state index contributed by atoms with van der Waals surface area (Å²) in [6.07, 6.45) is 2.76. The first-order valence-corrected chi connectivity index (χ1v) is 11.7. The summed E-state index contributed by atoms with van der Waals surface area (Å²) in [6.45, 7) is 5.75. The van der Waals surface area contributed by atoms with Crippen molar-refractivity contribution in [2.75, 3.05) is 23.3 Å². The molecular formula is C25H28N4OS. The van der Waals surface area contributed by atoms with E-state index in [1.165, 1.54) is 5.56 Å². The van der Waals surface area contributed by atoms with Gasteiger partial charge in [-0.3, -0.25) is 4.79 Å². The van der Waals surface area contributed by atoms with Crippen molar-refractivity contribution in [3.63, 3.8) is 0 Å². The number of aromatic nitrogens is 2. The Kier molecular flexibility index (Phi) is 6.87. The minimum atomic E-state index is -0.0536. The maximum absolute atomic E-state index is 12.9. The van der Waals surface area contributed by atoms with Crippen molar-refractivity contribution in [3.8, 4) is 0 Å². The van der Waals surface area contributed by atoms with E-state index in [4.69, 9.17) is 0 Å². The Balaban J connectivity index is 1.38. The van der Waals surface area contributed by atoms with Crippen LogP contribution in [-0.2, 0) is 11.2 Å². The fourth-order valence-corrected chi connectivity index (χ4v) is 4.58. The van der Waals surface area contributed by atoms with Gasteiger partial charge in [-0.05, 0) is 62.1 Å². The smallest absolute Gasteiger partial charge is 0.229 e. The number of aryl methyl sites for hydroxylation is 2. The highest BCUT2D eigenvalue weighted by Gasteiger charge is 2.27. The van der Waals surface area contributed by atoms with Crippen LogP contribution < -0.4 is 10.2 Å². The Morgan fingerprint density at radius 3 is 2.65 bits per heavy atom. The number of amides is 1. The molecule has 1 amide bonds. The summed E-state index contributed by atoms with van der Waals surface area (Å²) >= 11 is 1.61. The summed E-state index contributed by atoms with van der Waals surface area (Å²) in [4.78, 5) is 16.2. The molecule has 2 heterocycles. The van der Waals surface area contributed by atoms with Gasteiger partial charge in [-0.15, -0.1) is 10.2 Å². The zero-order valence-electron chi connectivity index (χ0n) is 18.0. The third-order valence-electron chi connectivity index (χ3n) is 5.64. The van der Waals surface area contributed by atoms with E-state index in [2.05, 4.69) is 64.6 Å². The van der Waals surface area contributed by atoms with Gasteiger partial charge in [0.2, 0.25) is 5.91 Å². The van der Waals surface area contributed by atoms with E-state index in [1.54, 1.807) is 11.8 Å². The summed E-state index contributed by atoms with van der Waals surface area (Å²) in [7, 11) is 0. The molecule has 160 valence electrons. The van der Waals surface area contributed by atoms with Crippen LogP contribution in [-0.4, -0.2) is 29.2 Å². The normalized spacial score (nSPS) is 16.2. The van der Waals surface area contributed by atoms with Crippen LogP contribution in [0.2, 0.25) is 0 Å². The second-order valence-corrected chi connectivity index (χ2v) is 9.02. The van der Waals surface area contributed by atoms with Crippen LogP contribution in [0.5, 0.6) is 0 Å². The van der Waals surface area contributed by atoms with Gasteiger partial charge in [0.25, 0.3) is 0 Å². The monoisotopic (exact) mass is 432 g/mol. The van der Waals surface area contributed by atoms with Gasteiger partial charge in [0.1, 0.15) is 5.03 Å². The van der Waals surface area contributed by atoms with Crippen molar-refractivity contribution in [3.05, 3.63) is 71.8 Å². The molecule has 6 heteroatoms. The van der Waals surface area contributed by atoms with E-state index in [1.807, 2.05) is 30.3 Å². The maximum atomic E-state index is 12.9. The number of carbonyl (C=O) groups excluding carboxylic acids is 1. The maximum Gasteiger partial charge on any atom is 0.229 e. The van der Waals surface area contributed by atoms with Crippen LogP contribution in [0.3, 0.4) is 0 Å². The van der Waals surface area contributed by atoms with Crippen LogP contribution in [0.15, 0.2) is 70.6 Å². The lowest BCUT2D eigenvalue weighted by Crippen LogP contribution is -2.41. The van der Waals surface area contributed by atoms with Crippen molar-refractivity contribution < 1.29 is 4.79 Å². The van der Waals surface area contributed by atoms with Crippen LogP contribution in [0.1, 0.15) is 30.9 Å². The molecule has 31 heavy (non-hydrogen) atoms. The van der Waals surface area contributed by atoms with Gasteiger partial charge >= 0.3 is 0 Å². The highest BCUT2D eigenvalue weighted by Crippen LogP contribution is 2.28. The summed E-state index contributed by atoms with van der Waals surface area (Å²) < 4.78 is 0. The molecule has 1 unspecified atom stereocenters. The van der Waals surface area contributed by atoms with Gasteiger partial charge in [-0.1, -0.05) is 54.6 Å². The second-order valence-electron chi connectivity index (χ2n) is 7.93. The number of anilines is 2. The number of rotatable bonds is 6. The number of nitrogens with zero attached hydrogens (tertiary/aromatic N) is 3. The molecule has 1 aliphatic rings. The molecule has 1 aromatic heterocycles. The minimum Gasteiger partial charge on any atom is -0.354 e. The van der Waals surface area contributed by atoms with Crippen molar-refractivity contribution in [2.45, 2.75) is 43.0 Å². The number of piperidine rings is 1. The Morgan fingerprint density at radius 2 is 1.90 bits per heavy atom. The highest BCUT2D eigenvalue weighted by atomic mass is 32.2. The first-order chi connectivity index (χ1) is 15.1. The lowest BCUT2D eigenvalue weighted by Gasteiger charge is -2.32. The first kappa shape index (κ1) is 21.4. The molecule has 0 radical (unpaired) electrons.